The first kappa shape index (κ1) is 27.6. The van der Waals surface area contributed by atoms with E-state index in [1.807, 2.05) is 13.8 Å². The molecule has 2 rings (SSSR count). The highest BCUT2D eigenvalue weighted by Gasteiger charge is 2.38. The third kappa shape index (κ3) is 7.73. The van der Waals surface area contributed by atoms with Crippen LogP contribution in [-0.2, 0) is 28.5 Å². The van der Waals surface area contributed by atoms with Gasteiger partial charge >= 0.3 is 12.4 Å². The van der Waals surface area contributed by atoms with Gasteiger partial charge in [0.1, 0.15) is 0 Å². The molecule has 1 heterocycles. The maximum absolute atomic E-state index is 13.1. The Morgan fingerprint density at radius 3 is 2.38 bits per heavy atom. The minimum Gasteiger partial charge on any atom is -0.405 e. The number of ether oxygens (including phenoxy) is 1. The predicted octanol–water partition coefficient (Wildman–Crippen LogP) is 4.10. The van der Waals surface area contributed by atoms with Gasteiger partial charge in [-0.1, -0.05) is 6.92 Å². The molecule has 0 spiro atoms. The van der Waals surface area contributed by atoms with Gasteiger partial charge in [-0.05, 0) is 55.8 Å². The number of rotatable bonds is 9. The van der Waals surface area contributed by atoms with Gasteiger partial charge in [-0.25, -0.2) is 0 Å². The molecule has 3 N–H and O–H groups in total. The summed E-state index contributed by atoms with van der Waals surface area (Å²) in [6.07, 6.45) is -5.11. The molecule has 0 bridgehead atoms. The highest BCUT2D eigenvalue weighted by molar-refractivity contribution is 5.82. The lowest BCUT2D eigenvalue weighted by Gasteiger charge is -2.26. The zero-order valence-electron chi connectivity index (χ0n) is 18.8. The van der Waals surface area contributed by atoms with Crippen LogP contribution >= 0.6 is 0 Å². The number of aliphatic imine (C=N–C) groups is 1. The van der Waals surface area contributed by atoms with Gasteiger partial charge in [0.05, 0.1) is 36.5 Å². The molecule has 34 heavy (non-hydrogen) atoms. The molecule has 0 aliphatic carbocycles. The molecule has 0 saturated carbocycles. The molecule has 1 aromatic carbocycles. The summed E-state index contributed by atoms with van der Waals surface area (Å²) in [6, 6.07) is 0.666. The Morgan fingerprint density at radius 2 is 1.85 bits per heavy atom. The second-order valence-electron chi connectivity index (χ2n) is 7.96. The van der Waals surface area contributed by atoms with Crippen LogP contribution in [0.1, 0.15) is 43.4 Å². The normalized spacial score (nSPS) is 20.5. The highest BCUT2D eigenvalue weighted by Crippen LogP contribution is 2.36. The van der Waals surface area contributed by atoms with Crippen LogP contribution in [0.5, 0.6) is 0 Å². The molecule has 3 atom stereocenters. The summed E-state index contributed by atoms with van der Waals surface area (Å²) in [5.41, 5.74) is 2.19. The van der Waals surface area contributed by atoms with Gasteiger partial charge in [-0.15, -0.1) is 0 Å². The van der Waals surface area contributed by atoms with Gasteiger partial charge in [0.2, 0.25) is 5.91 Å². The zero-order chi connectivity index (χ0) is 25.5. The fraction of sp³-hybridized carbons (Fsp3) is 0.545. The number of nitrogens with two attached hydrogens (primary N) is 1. The first-order chi connectivity index (χ1) is 15.9. The number of nitrogens with one attached hydrogen (secondary N) is 1. The van der Waals surface area contributed by atoms with E-state index in [1.165, 1.54) is 18.5 Å². The Morgan fingerprint density at radius 1 is 1.24 bits per heavy atom. The lowest BCUT2D eigenvalue weighted by molar-refractivity contribution is -0.143. The molecule has 1 aliphatic rings. The third-order valence-electron chi connectivity index (χ3n) is 5.39. The molecule has 190 valence electrons. The van der Waals surface area contributed by atoms with Crippen LogP contribution in [-0.4, -0.2) is 48.4 Å². The SMILES string of the molecule is CCC(NC/N=C\C=C/N)C(=O)N1CC(OCc2cc(C(F)(F)F)cc(C(F)(F)F)c2)CC1C. The maximum Gasteiger partial charge on any atom is 0.416 e. The summed E-state index contributed by atoms with van der Waals surface area (Å²) in [5, 5.41) is 3.02. The second kappa shape index (κ2) is 11.7. The minimum absolute atomic E-state index is 0.0792. The average Bonchev–Trinajstić information content (AvgIpc) is 3.13. The standard InChI is InChI=1S/C22H28F6N4O2/c1-3-19(31-13-30-6-4-5-29)20(33)32-11-18(7-14(32)2)34-12-15-8-16(21(23,24)25)10-17(9-15)22(26,27)28/h4-6,8-10,14,18-19,31H,3,7,11-13,29H2,1-2H3/b5-4-,30-6-. The van der Waals surface area contributed by atoms with Crippen molar-refractivity contribution < 1.29 is 35.9 Å². The van der Waals surface area contributed by atoms with Crippen LogP contribution in [0, 0.1) is 0 Å². The van der Waals surface area contributed by atoms with Gasteiger partial charge in [0.15, 0.2) is 0 Å². The van der Waals surface area contributed by atoms with Gasteiger partial charge in [-0.3, -0.25) is 15.1 Å². The van der Waals surface area contributed by atoms with Crippen molar-refractivity contribution in [1.82, 2.24) is 10.2 Å². The van der Waals surface area contributed by atoms with Crippen molar-refractivity contribution in [2.24, 2.45) is 10.7 Å². The van der Waals surface area contributed by atoms with E-state index in [1.54, 1.807) is 4.90 Å². The average molecular weight is 494 g/mol. The second-order valence-corrected chi connectivity index (χ2v) is 7.96. The van der Waals surface area contributed by atoms with Gasteiger partial charge in [0.25, 0.3) is 0 Å². The van der Waals surface area contributed by atoms with Crippen molar-refractivity contribution in [3.63, 3.8) is 0 Å². The summed E-state index contributed by atoms with van der Waals surface area (Å²) in [5.74, 6) is -0.177. The van der Waals surface area contributed by atoms with Crippen LogP contribution in [0.2, 0.25) is 0 Å². The monoisotopic (exact) mass is 494 g/mol. The topological polar surface area (TPSA) is 79.9 Å². The Balaban J connectivity index is 2.03. The lowest BCUT2D eigenvalue weighted by atomic mass is 10.1. The number of allylic oxidation sites excluding steroid dienone is 1. The van der Waals surface area contributed by atoms with Crippen LogP contribution in [0.3, 0.4) is 0 Å². The van der Waals surface area contributed by atoms with E-state index < -0.39 is 42.2 Å². The Kier molecular flexibility index (Phi) is 9.51. The van der Waals surface area contributed by atoms with Crippen molar-refractivity contribution in [3.05, 3.63) is 47.2 Å². The largest absolute Gasteiger partial charge is 0.416 e. The number of benzene rings is 1. The molecule has 0 radical (unpaired) electrons. The number of carbonyl (C=O) groups is 1. The minimum atomic E-state index is -4.92. The fourth-order valence-electron chi connectivity index (χ4n) is 3.66. The predicted molar refractivity (Wildman–Crippen MR) is 115 cm³/mol. The van der Waals surface area contributed by atoms with E-state index in [4.69, 9.17) is 10.5 Å². The quantitative estimate of drug-likeness (QED) is 0.400. The van der Waals surface area contributed by atoms with Crippen molar-refractivity contribution >= 4 is 12.1 Å². The first-order valence-corrected chi connectivity index (χ1v) is 10.7. The molecule has 1 amide bonds. The molecule has 1 aromatic rings. The Labute approximate surface area is 193 Å². The number of hydrogen-bond donors (Lipinski definition) is 2. The first-order valence-electron chi connectivity index (χ1n) is 10.7. The van der Waals surface area contributed by atoms with Crippen LogP contribution in [0.25, 0.3) is 0 Å². The molecule has 3 unspecified atom stereocenters. The number of carbonyl (C=O) groups excluding carboxylic acids is 1. The number of likely N-dealkylation sites (tertiary alicyclic amines) is 1. The van der Waals surface area contributed by atoms with Crippen molar-refractivity contribution in [2.75, 3.05) is 13.2 Å². The third-order valence-corrected chi connectivity index (χ3v) is 5.39. The van der Waals surface area contributed by atoms with E-state index in [2.05, 4.69) is 10.3 Å². The molecule has 6 nitrogen and oxygen atoms in total. The summed E-state index contributed by atoms with van der Waals surface area (Å²) < 4.78 is 83.9. The molecule has 12 heteroatoms. The number of hydrogen-bond acceptors (Lipinski definition) is 5. The van der Waals surface area contributed by atoms with Crippen molar-refractivity contribution in [2.45, 2.75) is 63.8 Å². The number of amides is 1. The van der Waals surface area contributed by atoms with Crippen LogP contribution in [0.4, 0.5) is 26.3 Å². The van der Waals surface area contributed by atoms with E-state index >= 15 is 0 Å². The van der Waals surface area contributed by atoms with E-state index in [9.17, 15) is 31.1 Å². The molecule has 0 aromatic heterocycles. The summed E-state index contributed by atoms with van der Waals surface area (Å²) in [7, 11) is 0. The van der Waals surface area contributed by atoms with E-state index in [-0.39, 0.29) is 36.8 Å². The highest BCUT2D eigenvalue weighted by atomic mass is 19.4. The van der Waals surface area contributed by atoms with Gasteiger partial charge < -0.3 is 15.4 Å². The van der Waals surface area contributed by atoms with Crippen molar-refractivity contribution in [1.29, 1.82) is 0 Å². The Bertz CT molecular complexity index is 853. The summed E-state index contributed by atoms with van der Waals surface area (Å²) >= 11 is 0. The molecular formula is C22H28F6N4O2. The smallest absolute Gasteiger partial charge is 0.405 e. The van der Waals surface area contributed by atoms with Crippen LogP contribution < -0.4 is 11.1 Å². The summed E-state index contributed by atoms with van der Waals surface area (Å²) in [4.78, 5) is 18.6. The number of alkyl halides is 6. The molecule has 1 saturated heterocycles. The molecule has 1 aliphatic heterocycles. The molecule has 1 fully saturated rings. The fourth-order valence-corrected chi connectivity index (χ4v) is 3.66. The zero-order valence-corrected chi connectivity index (χ0v) is 18.8. The number of halogens is 6. The Hall–Kier alpha value is -2.60. The summed E-state index contributed by atoms with van der Waals surface area (Å²) in [6.45, 7) is 3.59. The van der Waals surface area contributed by atoms with Crippen molar-refractivity contribution in [3.8, 4) is 0 Å². The number of nitrogens with zero attached hydrogens (tertiary/aromatic N) is 2. The lowest BCUT2D eigenvalue weighted by Crippen LogP contribution is -2.47. The molecular weight excluding hydrogens is 466 g/mol. The maximum atomic E-state index is 13.1. The van der Waals surface area contributed by atoms with Gasteiger partial charge in [0, 0.05) is 18.8 Å². The van der Waals surface area contributed by atoms with E-state index in [0.29, 0.717) is 25.0 Å². The van der Waals surface area contributed by atoms with Gasteiger partial charge in [-0.2, -0.15) is 26.3 Å². The van der Waals surface area contributed by atoms with Crippen LogP contribution in [0.15, 0.2) is 35.5 Å². The van der Waals surface area contributed by atoms with E-state index in [0.717, 1.165) is 0 Å².